The van der Waals surface area contributed by atoms with E-state index in [0.717, 1.165) is 27.6 Å². The third-order valence-electron chi connectivity index (χ3n) is 3.16. The Morgan fingerprint density at radius 1 is 1.11 bits per heavy atom. The van der Waals surface area contributed by atoms with E-state index in [-0.39, 0.29) is 0 Å². The molecule has 0 saturated carbocycles. The number of imidazole rings is 1. The number of fused-ring (bicyclic) bond motifs is 1. The van der Waals surface area contributed by atoms with Gasteiger partial charge in [0, 0.05) is 12.7 Å². The van der Waals surface area contributed by atoms with Gasteiger partial charge in [0.2, 0.25) is 0 Å². The van der Waals surface area contributed by atoms with E-state index in [9.17, 15) is 0 Å². The number of anilines is 1. The standard InChI is InChI=1S/C15H14ClN3/c1-19-14(10-17-11-6-3-2-4-7-11)18-13-9-5-8-12(16)15(13)19/h2-9,17H,10H2,1H3. The Morgan fingerprint density at radius 2 is 1.89 bits per heavy atom. The first-order valence-corrected chi connectivity index (χ1v) is 6.52. The first kappa shape index (κ1) is 12.1. The molecule has 0 aliphatic carbocycles. The zero-order valence-corrected chi connectivity index (χ0v) is 11.4. The lowest BCUT2D eigenvalue weighted by atomic mass is 10.3. The molecule has 0 saturated heterocycles. The number of hydrogen-bond acceptors (Lipinski definition) is 2. The molecule has 3 rings (SSSR count). The van der Waals surface area contributed by atoms with Crippen LogP contribution in [0.25, 0.3) is 11.0 Å². The normalized spacial score (nSPS) is 10.8. The van der Waals surface area contributed by atoms with Crippen molar-refractivity contribution in [2.45, 2.75) is 6.54 Å². The van der Waals surface area contributed by atoms with Gasteiger partial charge in [-0.25, -0.2) is 4.98 Å². The van der Waals surface area contributed by atoms with Gasteiger partial charge in [-0.1, -0.05) is 35.9 Å². The molecule has 0 bridgehead atoms. The Kier molecular flexibility index (Phi) is 3.13. The molecule has 3 nitrogen and oxygen atoms in total. The number of rotatable bonds is 3. The van der Waals surface area contributed by atoms with Crippen molar-refractivity contribution in [3.05, 3.63) is 59.4 Å². The van der Waals surface area contributed by atoms with E-state index in [2.05, 4.69) is 10.3 Å². The van der Waals surface area contributed by atoms with E-state index >= 15 is 0 Å². The average Bonchev–Trinajstić information content (AvgIpc) is 2.76. The highest BCUT2D eigenvalue weighted by Crippen LogP contribution is 2.23. The van der Waals surface area contributed by atoms with E-state index in [4.69, 9.17) is 11.6 Å². The summed E-state index contributed by atoms with van der Waals surface area (Å²) in [6, 6.07) is 15.9. The van der Waals surface area contributed by atoms with E-state index < -0.39 is 0 Å². The molecule has 0 aliphatic rings. The Hall–Kier alpha value is -2.00. The highest BCUT2D eigenvalue weighted by Gasteiger charge is 2.09. The lowest BCUT2D eigenvalue weighted by molar-refractivity contribution is 0.834. The summed E-state index contributed by atoms with van der Waals surface area (Å²) in [6.07, 6.45) is 0. The van der Waals surface area contributed by atoms with Crippen LogP contribution < -0.4 is 5.32 Å². The van der Waals surface area contributed by atoms with Crippen LogP contribution >= 0.6 is 11.6 Å². The fourth-order valence-electron chi connectivity index (χ4n) is 2.16. The lowest BCUT2D eigenvalue weighted by Crippen LogP contribution is -2.05. The van der Waals surface area contributed by atoms with E-state index in [1.807, 2.05) is 60.1 Å². The number of nitrogens with zero attached hydrogens (tertiary/aromatic N) is 2. The second-order valence-electron chi connectivity index (χ2n) is 4.41. The smallest absolute Gasteiger partial charge is 0.129 e. The van der Waals surface area contributed by atoms with Gasteiger partial charge in [0.15, 0.2) is 0 Å². The summed E-state index contributed by atoms with van der Waals surface area (Å²) in [5.74, 6) is 0.965. The largest absolute Gasteiger partial charge is 0.378 e. The van der Waals surface area contributed by atoms with Gasteiger partial charge in [0.25, 0.3) is 0 Å². The molecule has 19 heavy (non-hydrogen) atoms. The molecule has 0 atom stereocenters. The summed E-state index contributed by atoms with van der Waals surface area (Å²) < 4.78 is 2.04. The molecule has 96 valence electrons. The second-order valence-corrected chi connectivity index (χ2v) is 4.82. The summed E-state index contributed by atoms with van der Waals surface area (Å²) in [6.45, 7) is 0.672. The van der Waals surface area contributed by atoms with Crippen LogP contribution in [0.15, 0.2) is 48.5 Å². The third kappa shape index (κ3) is 2.29. The average molecular weight is 272 g/mol. The number of benzene rings is 2. The van der Waals surface area contributed by atoms with Gasteiger partial charge in [-0.15, -0.1) is 0 Å². The molecule has 0 spiro atoms. The number of hydrogen-bond donors (Lipinski definition) is 1. The maximum absolute atomic E-state index is 6.21. The highest BCUT2D eigenvalue weighted by atomic mass is 35.5. The zero-order chi connectivity index (χ0) is 13.2. The molecule has 0 radical (unpaired) electrons. The molecular weight excluding hydrogens is 258 g/mol. The van der Waals surface area contributed by atoms with E-state index in [0.29, 0.717) is 6.54 Å². The van der Waals surface area contributed by atoms with Crippen LogP contribution in [-0.4, -0.2) is 9.55 Å². The third-order valence-corrected chi connectivity index (χ3v) is 3.47. The molecular formula is C15H14ClN3. The van der Waals surface area contributed by atoms with Crippen LogP contribution in [0, 0.1) is 0 Å². The Bertz CT molecular complexity index is 704. The van der Waals surface area contributed by atoms with Crippen molar-refractivity contribution >= 4 is 28.3 Å². The van der Waals surface area contributed by atoms with E-state index in [1.165, 1.54) is 0 Å². The molecule has 4 heteroatoms. The Balaban J connectivity index is 1.90. The summed E-state index contributed by atoms with van der Waals surface area (Å²) in [5.41, 5.74) is 2.99. The van der Waals surface area contributed by atoms with Crippen molar-refractivity contribution in [3.63, 3.8) is 0 Å². The first-order chi connectivity index (χ1) is 9.25. The van der Waals surface area contributed by atoms with Gasteiger partial charge in [-0.05, 0) is 24.3 Å². The summed E-state index contributed by atoms with van der Waals surface area (Å²) >= 11 is 6.21. The van der Waals surface area contributed by atoms with Gasteiger partial charge in [-0.2, -0.15) is 0 Å². The fraction of sp³-hybridized carbons (Fsp3) is 0.133. The fourth-order valence-corrected chi connectivity index (χ4v) is 2.46. The Labute approximate surface area is 116 Å². The maximum Gasteiger partial charge on any atom is 0.129 e. The van der Waals surface area contributed by atoms with Crippen LogP contribution in [0.2, 0.25) is 5.02 Å². The number of halogens is 1. The van der Waals surface area contributed by atoms with Crippen molar-refractivity contribution in [1.82, 2.24) is 9.55 Å². The molecule has 0 unspecified atom stereocenters. The quantitative estimate of drug-likeness (QED) is 0.784. The predicted octanol–water partition coefficient (Wildman–Crippen LogP) is 3.84. The topological polar surface area (TPSA) is 29.9 Å². The van der Waals surface area contributed by atoms with Crippen LogP contribution in [-0.2, 0) is 13.6 Å². The minimum absolute atomic E-state index is 0.672. The van der Waals surface area contributed by atoms with Gasteiger partial charge in [0.05, 0.1) is 22.6 Å². The molecule has 0 fully saturated rings. The second kappa shape index (κ2) is 4.94. The van der Waals surface area contributed by atoms with Crippen LogP contribution in [0.4, 0.5) is 5.69 Å². The SMILES string of the molecule is Cn1c(CNc2ccccc2)nc2cccc(Cl)c21. The molecule has 1 N–H and O–H groups in total. The van der Waals surface area contributed by atoms with Crippen LogP contribution in [0.1, 0.15) is 5.82 Å². The number of nitrogens with one attached hydrogen (secondary N) is 1. The van der Waals surface area contributed by atoms with Crippen molar-refractivity contribution < 1.29 is 0 Å². The maximum atomic E-state index is 6.21. The summed E-state index contributed by atoms with van der Waals surface area (Å²) in [4.78, 5) is 4.60. The van der Waals surface area contributed by atoms with Gasteiger partial charge >= 0.3 is 0 Å². The molecule has 3 aromatic rings. The summed E-state index contributed by atoms with van der Waals surface area (Å²) in [7, 11) is 1.99. The van der Waals surface area contributed by atoms with Gasteiger partial charge in [0.1, 0.15) is 5.82 Å². The van der Waals surface area contributed by atoms with Crippen molar-refractivity contribution in [2.75, 3.05) is 5.32 Å². The summed E-state index contributed by atoms with van der Waals surface area (Å²) in [5, 5.41) is 4.09. The molecule has 0 amide bonds. The molecule has 1 heterocycles. The minimum Gasteiger partial charge on any atom is -0.378 e. The van der Waals surface area contributed by atoms with Crippen molar-refractivity contribution in [2.24, 2.45) is 7.05 Å². The molecule has 0 aliphatic heterocycles. The monoisotopic (exact) mass is 271 g/mol. The van der Waals surface area contributed by atoms with E-state index in [1.54, 1.807) is 0 Å². The first-order valence-electron chi connectivity index (χ1n) is 6.14. The van der Waals surface area contributed by atoms with Crippen molar-refractivity contribution in [1.29, 1.82) is 0 Å². The van der Waals surface area contributed by atoms with Gasteiger partial charge in [-0.3, -0.25) is 0 Å². The van der Waals surface area contributed by atoms with Crippen LogP contribution in [0.5, 0.6) is 0 Å². The number of aryl methyl sites for hydroxylation is 1. The van der Waals surface area contributed by atoms with Gasteiger partial charge < -0.3 is 9.88 Å². The highest BCUT2D eigenvalue weighted by molar-refractivity contribution is 6.35. The molecule has 1 aromatic heterocycles. The Morgan fingerprint density at radius 3 is 2.63 bits per heavy atom. The minimum atomic E-state index is 0.672. The number of para-hydroxylation sites is 2. The zero-order valence-electron chi connectivity index (χ0n) is 10.6. The van der Waals surface area contributed by atoms with Crippen molar-refractivity contribution in [3.8, 4) is 0 Å². The lowest BCUT2D eigenvalue weighted by Gasteiger charge is -2.06. The molecule has 2 aromatic carbocycles. The van der Waals surface area contributed by atoms with Crippen LogP contribution in [0.3, 0.4) is 0 Å². The number of aromatic nitrogens is 2. The predicted molar refractivity (Wildman–Crippen MR) is 79.5 cm³/mol.